The maximum absolute atomic E-state index is 12.3. The summed E-state index contributed by atoms with van der Waals surface area (Å²) in [5.74, 6) is 0.745. The summed E-state index contributed by atoms with van der Waals surface area (Å²) < 4.78 is 5.96. The first kappa shape index (κ1) is 29.0. The van der Waals surface area contributed by atoms with Crippen molar-refractivity contribution in [3.63, 3.8) is 0 Å². The Morgan fingerprint density at radius 2 is 1.85 bits per heavy atom. The molecule has 0 radical (unpaired) electrons. The van der Waals surface area contributed by atoms with Crippen LogP contribution in [0.1, 0.15) is 56.6 Å². The molecule has 3 aromatic carbocycles. The van der Waals surface area contributed by atoms with Crippen LogP contribution in [0.15, 0.2) is 79.0 Å². The summed E-state index contributed by atoms with van der Waals surface area (Å²) in [4.78, 5) is 15.5. The lowest BCUT2D eigenvalue weighted by Crippen LogP contribution is -2.04. The summed E-state index contributed by atoms with van der Waals surface area (Å²) in [6, 6.07) is 18.7. The lowest BCUT2D eigenvalue weighted by atomic mass is 9.96. The summed E-state index contributed by atoms with van der Waals surface area (Å²) in [6.45, 7) is 2.15. The number of rotatable bonds is 15. The molecule has 0 saturated carbocycles. The number of benzene rings is 3. The summed E-state index contributed by atoms with van der Waals surface area (Å²) in [7, 11) is 0. The molecule has 1 heterocycles. The van der Waals surface area contributed by atoms with Crippen LogP contribution in [-0.2, 0) is 17.6 Å². The van der Waals surface area contributed by atoms with Gasteiger partial charge in [-0.25, -0.2) is 0 Å². The minimum absolute atomic E-state index is 0.0643. The number of phenols is 2. The fourth-order valence-corrected chi connectivity index (χ4v) is 4.82. The van der Waals surface area contributed by atoms with E-state index in [9.17, 15) is 20.1 Å². The molecule has 0 aliphatic heterocycles. The van der Waals surface area contributed by atoms with Crippen molar-refractivity contribution in [3.8, 4) is 28.4 Å². The Kier molecular flexibility index (Phi) is 10.4. The Bertz CT molecular complexity index is 1440. The van der Waals surface area contributed by atoms with Crippen LogP contribution < -0.4 is 4.74 Å². The number of aromatic amines is 1. The average molecular weight is 542 g/mol. The van der Waals surface area contributed by atoms with E-state index in [2.05, 4.69) is 11.1 Å². The van der Waals surface area contributed by atoms with Gasteiger partial charge < -0.3 is 25.0 Å². The number of aryl methyl sites for hydroxylation is 1. The molecule has 1 unspecified atom stereocenters. The van der Waals surface area contributed by atoms with Gasteiger partial charge in [0.25, 0.3) is 0 Å². The van der Waals surface area contributed by atoms with Crippen LogP contribution in [0.5, 0.6) is 17.2 Å². The SMILES string of the molecule is CC(O)CCCCCC=CC(=O)CCc1ccc(O)c(OCCc2ccc(O)cc2-c2ccc3[nH]ccc3c2)c1. The number of aromatic nitrogens is 1. The van der Waals surface area contributed by atoms with Gasteiger partial charge in [-0.15, -0.1) is 0 Å². The number of allylic oxidation sites excluding steroid dienone is 2. The maximum Gasteiger partial charge on any atom is 0.161 e. The number of carbonyl (C=O) groups excluding carboxylic acids is 1. The molecule has 1 atom stereocenters. The number of hydrogen-bond acceptors (Lipinski definition) is 5. The number of phenolic OH excluding ortho intramolecular Hbond substituents is 2. The third kappa shape index (κ3) is 8.48. The van der Waals surface area contributed by atoms with Crippen LogP contribution in [-0.4, -0.2) is 38.8 Å². The number of fused-ring (bicyclic) bond motifs is 1. The first-order valence-electron chi connectivity index (χ1n) is 14.1. The van der Waals surface area contributed by atoms with Crippen LogP contribution in [0.25, 0.3) is 22.0 Å². The van der Waals surface area contributed by atoms with E-state index in [4.69, 9.17) is 4.74 Å². The van der Waals surface area contributed by atoms with Crippen LogP contribution >= 0.6 is 0 Å². The Morgan fingerprint density at radius 3 is 2.70 bits per heavy atom. The van der Waals surface area contributed by atoms with Gasteiger partial charge in [-0.05, 0) is 109 Å². The van der Waals surface area contributed by atoms with Crippen LogP contribution in [0.4, 0.5) is 0 Å². The van der Waals surface area contributed by atoms with Gasteiger partial charge in [0.1, 0.15) is 5.75 Å². The Morgan fingerprint density at radius 1 is 0.975 bits per heavy atom. The van der Waals surface area contributed by atoms with Crippen molar-refractivity contribution in [1.29, 1.82) is 0 Å². The fourth-order valence-electron chi connectivity index (χ4n) is 4.82. The molecule has 1 aromatic heterocycles. The van der Waals surface area contributed by atoms with Crippen molar-refractivity contribution >= 4 is 16.7 Å². The number of aliphatic hydroxyl groups is 1. The number of ether oxygens (including phenoxy) is 1. The molecule has 4 rings (SSSR count). The first-order valence-corrected chi connectivity index (χ1v) is 14.1. The van der Waals surface area contributed by atoms with Crippen LogP contribution in [0.2, 0.25) is 0 Å². The van der Waals surface area contributed by atoms with Gasteiger partial charge in [0, 0.05) is 24.6 Å². The Hall–Kier alpha value is -4.03. The predicted molar refractivity (Wildman–Crippen MR) is 160 cm³/mol. The highest BCUT2D eigenvalue weighted by atomic mass is 16.5. The first-order chi connectivity index (χ1) is 19.4. The highest BCUT2D eigenvalue weighted by Gasteiger charge is 2.10. The van der Waals surface area contributed by atoms with Gasteiger partial charge in [0.15, 0.2) is 17.3 Å². The van der Waals surface area contributed by atoms with Crippen LogP contribution in [0.3, 0.4) is 0 Å². The van der Waals surface area contributed by atoms with Gasteiger partial charge in [0.05, 0.1) is 12.7 Å². The van der Waals surface area contributed by atoms with E-state index in [0.29, 0.717) is 31.6 Å². The molecule has 40 heavy (non-hydrogen) atoms. The minimum Gasteiger partial charge on any atom is -0.508 e. The smallest absolute Gasteiger partial charge is 0.161 e. The molecule has 6 heteroatoms. The number of ketones is 1. The minimum atomic E-state index is -0.244. The van der Waals surface area contributed by atoms with Crippen molar-refractivity contribution in [2.75, 3.05) is 6.61 Å². The average Bonchev–Trinajstić information content (AvgIpc) is 3.41. The number of aliphatic hydroxyl groups excluding tert-OH is 1. The normalized spacial score (nSPS) is 12.2. The largest absolute Gasteiger partial charge is 0.508 e. The van der Waals surface area contributed by atoms with Crippen LogP contribution in [0, 0.1) is 0 Å². The van der Waals surface area contributed by atoms with Gasteiger partial charge >= 0.3 is 0 Å². The van der Waals surface area contributed by atoms with E-state index in [-0.39, 0.29) is 23.4 Å². The van der Waals surface area contributed by atoms with E-state index in [1.54, 1.807) is 30.3 Å². The van der Waals surface area contributed by atoms with Crippen molar-refractivity contribution < 1.29 is 24.9 Å². The molecule has 0 aliphatic carbocycles. The monoisotopic (exact) mass is 541 g/mol. The third-order valence-corrected chi connectivity index (χ3v) is 7.07. The molecular weight excluding hydrogens is 502 g/mol. The van der Waals surface area contributed by atoms with E-state index < -0.39 is 0 Å². The van der Waals surface area contributed by atoms with Crippen molar-refractivity contribution in [2.24, 2.45) is 0 Å². The second-order valence-corrected chi connectivity index (χ2v) is 10.4. The van der Waals surface area contributed by atoms with Crippen molar-refractivity contribution in [3.05, 3.63) is 90.1 Å². The second kappa shape index (κ2) is 14.4. The van der Waals surface area contributed by atoms with Gasteiger partial charge in [0.2, 0.25) is 0 Å². The quantitative estimate of drug-likeness (QED) is 0.0937. The number of unbranched alkanes of at least 4 members (excludes halogenated alkanes) is 3. The molecule has 0 amide bonds. The number of H-pyrrole nitrogens is 1. The second-order valence-electron chi connectivity index (χ2n) is 10.4. The number of carbonyl (C=O) groups is 1. The molecule has 6 nitrogen and oxygen atoms in total. The molecule has 0 aliphatic rings. The zero-order valence-electron chi connectivity index (χ0n) is 23.1. The molecule has 0 bridgehead atoms. The highest BCUT2D eigenvalue weighted by Crippen LogP contribution is 2.31. The predicted octanol–water partition coefficient (Wildman–Crippen LogP) is 7.26. The third-order valence-electron chi connectivity index (χ3n) is 7.07. The molecule has 210 valence electrons. The van der Waals surface area contributed by atoms with Crippen molar-refractivity contribution in [1.82, 2.24) is 4.98 Å². The number of aromatic hydroxyl groups is 2. The molecule has 0 spiro atoms. The Labute approximate surface area is 236 Å². The molecule has 4 N–H and O–H groups in total. The molecule has 4 aromatic rings. The highest BCUT2D eigenvalue weighted by molar-refractivity contribution is 5.89. The van der Waals surface area contributed by atoms with Gasteiger partial charge in [-0.2, -0.15) is 0 Å². The summed E-state index contributed by atoms with van der Waals surface area (Å²) >= 11 is 0. The molecular formula is C34H39NO5. The maximum atomic E-state index is 12.3. The zero-order chi connectivity index (χ0) is 28.3. The fraction of sp³-hybridized carbons (Fsp3) is 0.324. The molecule has 0 saturated heterocycles. The lowest BCUT2D eigenvalue weighted by molar-refractivity contribution is -0.114. The summed E-state index contributed by atoms with van der Waals surface area (Å²) in [6.07, 6.45) is 11.6. The van der Waals surface area contributed by atoms with E-state index >= 15 is 0 Å². The standard InChI is InChI=1S/C34H39NO5/c1-24(36)7-5-3-2-4-6-8-29(37)13-9-25-10-16-33(39)34(21-25)40-20-18-26-11-14-30(38)23-31(26)27-12-15-32-28(22-27)17-19-35-32/h6,8,10-12,14-17,19,21-24,35-36,38-39H,2-5,7,9,13,18,20H2,1H3. The van der Waals surface area contributed by atoms with Gasteiger partial charge in [-0.1, -0.05) is 37.1 Å². The van der Waals surface area contributed by atoms with E-state index in [1.807, 2.05) is 49.5 Å². The number of nitrogens with one attached hydrogen (secondary N) is 1. The zero-order valence-corrected chi connectivity index (χ0v) is 23.1. The Balaban J connectivity index is 1.29. The summed E-state index contributed by atoms with van der Waals surface area (Å²) in [5.41, 5.74) is 4.97. The van der Waals surface area contributed by atoms with E-state index in [0.717, 1.165) is 65.3 Å². The molecule has 0 fully saturated rings. The van der Waals surface area contributed by atoms with Gasteiger partial charge in [-0.3, -0.25) is 4.79 Å². The summed E-state index contributed by atoms with van der Waals surface area (Å²) in [5, 5.41) is 30.9. The topological polar surface area (TPSA) is 103 Å². The van der Waals surface area contributed by atoms with E-state index in [1.165, 1.54) is 0 Å². The number of hydrogen-bond donors (Lipinski definition) is 4. The van der Waals surface area contributed by atoms with Crippen molar-refractivity contribution in [2.45, 2.75) is 64.4 Å². The lowest BCUT2D eigenvalue weighted by Gasteiger charge is -2.13.